The van der Waals surface area contributed by atoms with Gasteiger partial charge in [0.25, 0.3) is 5.91 Å². The third-order valence-corrected chi connectivity index (χ3v) is 7.97. The Labute approximate surface area is 178 Å². The summed E-state index contributed by atoms with van der Waals surface area (Å²) in [6.45, 7) is 7.41. The standard InChI is InChI=1S/C20H27N5O2S2/c1-12-11-28-20(22-12)25-8-4-7-24(9-10-25)13(2)18(27)23-19-16(17(21)26)14-5-3-6-15(14)29-19/h11,13H,3-10H2,1-2H3,(H2,21,26)(H,23,27). The number of thiazole rings is 1. The number of hydrogen-bond acceptors (Lipinski definition) is 7. The molecule has 9 heteroatoms. The fraction of sp³-hybridized carbons (Fsp3) is 0.550. The molecule has 2 aliphatic rings. The second-order valence-corrected chi connectivity index (χ2v) is 9.68. The molecule has 1 aliphatic heterocycles. The Morgan fingerprint density at radius 3 is 2.76 bits per heavy atom. The quantitative estimate of drug-likeness (QED) is 0.756. The van der Waals surface area contributed by atoms with Crippen LogP contribution >= 0.6 is 22.7 Å². The van der Waals surface area contributed by atoms with Gasteiger partial charge in [0.05, 0.1) is 17.3 Å². The van der Waals surface area contributed by atoms with Gasteiger partial charge < -0.3 is 16.0 Å². The Morgan fingerprint density at radius 2 is 2.03 bits per heavy atom. The van der Waals surface area contributed by atoms with E-state index in [1.807, 2.05) is 13.8 Å². The summed E-state index contributed by atoms with van der Waals surface area (Å²) in [6, 6.07) is -0.273. The number of anilines is 2. The molecule has 4 rings (SSSR count). The van der Waals surface area contributed by atoms with Crippen LogP contribution in [0.1, 0.15) is 46.3 Å². The summed E-state index contributed by atoms with van der Waals surface area (Å²) in [4.78, 5) is 35.2. The fourth-order valence-corrected chi connectivity index (χ4v) is 6.29. The summed E-state index contributed by atoms with van der Waals surface area (Å²) in [6.07, 6.45) is 3.86. The molecule has 1 fully saturated rings. The first-order chi connectivity index (χ1) is 13.9. The van der Waals surface area contributed by atoms with Crippen LogP contribution in [0.2, 0.25) is 0 Å². The molecule has 0 bridgehead atoms. The van der Waals surface area contributed by atoms with Crippen molar-refractivity contribution in [2.24, 2.45) is 5.73 Å². The van der Waals surface area contributed by atoms with Gasteiger partial charge in [0.15, 0.2) is 5.13 Å². The van der Waals surface area contributed by atoms with Gasteiger partial charge in [-0.25, -0.2) is 4.98 Å². The van der Waals surface area contributed by atoms with Crippen molar-refractivity contribution in [2.75, 3.05) is 36.4 Å². The lowest BCUT2D eigenvalue weighted by Crippen LogP contribution is -2.44. The van der Waals surface area contributed by atoms with Crippen LogP contribution in [-0.2, 0) is 17.6 Å². The zero-order valence-corrected chi connectivity index (χ0v) is 18.5. The first-order valence-corrected chi connectivity index (χ1v) is 11.8. The Bertz CT molecular complexity index is 922. The Balaban J connectivity index is 1.41. The number of hydrogen-bond donors (Lipinski definition) is 2. The molecule has 0 radical (unpaired) electrons. The predicted molar refractivity (Wildman–Crippen MR) is 118 cm³/mol. The number of aryl methyl sites for hydroxylation is 2. The van der Waals surface area contributed by atoms with Gasteiger partial charge >= 0.3 is 0 Å². The lowest BCUT2D eigenvalue weighted by atomic mass is 10.1. The highest BCUT2D eigenvalue weighted by Gasteiger charge is 2.29. The van der Waals surface area contributed by atoms with Crippen LogP contribution in [0.5, 0.6) is 0 Å². The van der Waals surface area contributed by atoms with E-state index in [0.29, 0.717) is 10.6 Å². The van der Waals surface area contributed by atoms with E-state index in [1.165, 1.54) is 16.2 Å². The largest absolute Gasteiger partial charge is 0.365 e. The van der Waals surface area contributed by atoms with E-state index in [0.717, 1.165) is 68.3 Å². The molecule has 1 unspecified atom stereocenters. The second-order valence-electron chi connectivity index (χ2n) is 7.74. The summed E-state index contributed by atoms with van der Waals surface area (Å²) >= 11 is 3.18. The third-order valence-electron chi connectivity index (χ3n) is 5.74. The minimum Gasteiger partial charge on any atom is -0.365 e. The van der Waals surface area contributed by atoms with Gasteiger partial charge in [-0.2, -0.15) is 0 Å². The molecule has 0 saturated carbocycles. The van der Waals surface area contributed by atoms with Gasteiger partial charge in [-0.1, -0.05) is 0 Å². The Morgan fingerprint density at radius 1 is 1.21 bits per heavy atom. The molecule has 156 valence electrons. The van der Waals surface area contributed by atoms with Crippen molar-refractivity contribution >= 4 is 44.6 Å². The first-order valence-electron chi connectivity index (χ1n) is 10.1. The van der Waals surface area contributed by atoms with Gasteiger partial charge in [0.1, 0.15) is 5.00 Å². The fourth-order valence-electron chi connectivity index (χ4n) is 4.14. The van der Waals surface area contributed by atoms with Crippen LogP contribution in [0.3, 0.4) is 0 Å². The van der Waals surface area contributed by atoms with Crippen LogP contribution < -0.4 is 16.0 Å². The normalized spacial score (nSPS) is 18.3. The van der Waals surface area contributed by atoms with Gasteiger partial charge in [0.2, 0.25) is 5.91 Å². The van der Waals surface area contributed by atoms with Gasteiger partial charge in [0, 0.05) is 36.4 Å². The molecule has 2 aromatic heterocycles. The van der Waals surface area contributed by atoms with Crippen LogP contribution in [0.15, 0.2) is 5.38 Å². The topological polar surface area (TPSA) is 91.6 Å². The van der Waals surface area contributed by atoms with Crippen molar-refractivity contribution < 1.29 is 9.59 Å². The number of amides is 2. The highest BCUT2D eigenvalue weighted by Crippen LogP contribution is 2.39. The number of aromatic nitrogens is 1. The molecule has 1 saturated heterocycles. The van der Waals surface area contributed by atoms with E-state index in [1.54, 1.807) is 11.3 Å². The zero-order chi connectivity index (χ0) is 20.5. The highest BCUT2D eigenvalue weighted by molar-refractivity contribution is 7.17. The molecule has 0 aromatic carbocycles. The van der Waals surface area contributed by atoms with Crippen LogP contribution in [0.25, 0.3) is 0 Å². The minimum atomic E-state index is -0.448. The van der Waals surface area contributed by atoms with Crippen LogP contribution in [0, 0.1) is 6.92 Å². The summed E-state index contributed by atoms with van der Waals surface area (Å²) in [5.41, 5.74) is 8.22. The number of carbonyl (C=O) groups excluding carboxylic acids is 2. The number of primary amides is 1. The number of nitrogens with zero attached hydrogens (tertiary/aromatic N) is 3. The molecule has 7 nitrogen and oxygen atoms in total. The monoisotopic (exact) mass is 433 g/mol. The van der Waals surface area contributed by atoms with Gasteiger partial charge in [-0.05, 0) is 45.1 Å². The molecule has 1 aliphatic carbocycles. The van der Waals surface area contributed by atoms with Crippen molar-refractivity contribution in [1.82, 2.24) is 9.88 Å². The second kappa shape index (κ2) is 8.41. The molecular weight excluding hydrogens is 406 g/mol. The van der Waals surface area contributed by atoms with Crippen molar-refractivity contribution in [3.8, 4) is 0 Å². The summed E-state index contributed by atoms with van der Waals surface area (Å²) in [7, 11) is 0. The maximum Gasteiger partial charge on any atom is 0.251 e. The average Bonchev–Trinajstić information content (AvgIpc) is 3.32. The molecule has 0 spiro atoms. The summed E-state index contributed by atoms with van der Waals surface area (Å²) in [5.74, 6) is -0.525. The van der Waals surface area contributed by atoms with Crippen LogP contribution in [0.4, 0.5) is 10.1 Å². The lowest BCUT2D eigenvalue weighted by molar-refractivity contribution is -0.120. The van der Waals surface area contributed by atoms with E-state index in [9.17, 15) is 9.59 Å². The lowest BCUT2D eigenvalue weighted by Gasteiger charge is -2.26. The molecule has 2 aromatic rings. The van der Waals surface area contributed by atoms with Gasteiger partial charge in [-0.15, -0.1) is 22.7 Å². The molecule has 29 heavy (non-hydrogen) atoms. The number of fused-ring (bicyclic) bond motifs is 1. The predicted octanol–water partition coefficient (Wildman–Crippen LogP) is 2.64. The summed E-state index contributed by atoms with van der Waals surface area (Å²) in [5, 5.41) is 6.75. The van der Waals surface area contributed by atoms with E-state index in [-0.39, 0.29) is 11.9 Å². The first kappa shape index (κ1) is 20.3. The van der Waals surface area contributed by atoms with Crippen LogP contribution in [-0.4, -0.2) is 53.9 Å². The van der Waals surface area contributed by atoms with Crippen molar-refractivity contribution in [2.45, 2.75) is 45.6 Å². The third kappa shape index (κ3) is 4.17. The van der Waals surface area contributed by atoms with Crippen molar-refractivity contribution in [3.05, 3.63) is 27.1 Å². The maximum atomic E-state index is 13.0. The molecule has 3 N–H and O–H groups in total. The Kier molecular flexibility index (Phi) is 5.89. The van der Waals surface area contributed by atoms with E-state index < -0.39 is 5.91 Å². The number of nitrogens with two attached hydrogens (primary N) is 1. The Hall–Kier alpha value is -1.97. The van der Waals surface area contributed by atoms with Crippen molar-refractivity contribution in [3.63, 3.8) is 0 Å². The zero-order valence-electron chi connectivity index (χ0n) is 16.9. The van der Waals surface area contributed by atoms with Gasteiger partial charge in [-0.3, -0.25) is 14.5 Å². The molecular formula is C20H27N5O2S2. The van der Waals surface area contributed by atoms with E-state index in [4.69, 9.17) is 5.73 Å². The number of nitrogens with one attached hydrogen (secondary N) is 1. The maximum absolute atomic E-state index is 13.0. The molecule has 2 amide bonds. The number of rotatable bonds is 5. The highest BCUT2D eigenvalue weighted by atomic mass is 32.1. The van der Waals surface area contributed by atoms with Crippen molar-refractivity contribution in [1.29, 1.82) is 0 Å². The molecule has 3 heterocycles. The van der Waals surface area contributed by atoms with E-state index in [2.05, 4.69) is 25.5 Å². The number of carbonyl (C=O) groups is 2. The number of thiophene rings is 1. The average molecular weight is 434 g/mol. The molecule has 1 atom stereocenters. The SMILES string of the molecule is Cc1csc(N2CCCN(C(C)C(=O)Nc3sc4c(c3C(N)=O)CCC4)CC2)n1. The minimum absolute atomic E-state index is 0.0778. The summed E-state index contributed by atoms with van der Waals surface area (Å²) < 4.78 is 0. The smallest absolute Gasteiger partial charge is 0.251 e. The van der Waals surface area contributed by atoms with E-state index >= 15 is 0 Å².